The van der Waals surface area contributed by atoms with E-state index in [0.29, 0.717) is 50.0 Å². The number of halogens is 1. The molecule has 20 heavy (non-hydrogen) atoms. The molecule has 112 valence electrons. The van der Waals surface area contributed by atoms with Crippen LogP contribution >= 0.6 is 11.6 Å². The molecule has 5 heteroatoms. The highest BCUT2D eigenvalue weighted by molar-refractivity contribution is 6.32. The second-order valence-corrected chi connectivity index (χ2v) is 5.76. The lowest BCUT2D eigenvalue weighted by Crippen LogP contribution is -2.46. The molecule has 1 aromatic rings. The Morgan fingerprint density at radius 1 is 1.35 bits per heavy atom. The molecule has 1 fully saturated rings. The summed E-state index contributed by atoms with van der Waals surface area (Å²) in [6.45, 7) is 3.21. The Labute approximate surface area is 125 Å². The van der Waals surface area contributed by atoms with Crippen molar-refractivity contribution in [2.24, 2.45) is 0 Å². The molecule has 1 heterocycles. The van der Waals surface area contributed by atoms with Gasteiger partial charge >= 0.3 is 0 Å². The van der Waals surface area contributed by atoms with E-state index in [9.17, 15) is 5.11 Å². The molecule has 0 bridgehead atoms. The van der Waals surface area contributed by atoms with Crippen LogP contribution in [0.3, 0.4) is 0 Å². The second kappa shape index (κ2) is 7.27. The maximum absolute atomic E-state index is 10.4. The van der Waals surface area contributed by atoms with Gasteiger partial charge in [-0.1, -0.05) is 23.7 Å². The fraction of sp³-hybridized carbons (Fsp3) is 0.600. The van der Waals surface area contributed by atoms with Crippen LogP contribution in [0, 0.1) is 0 Å². The molecule has 2 rings (SSSR count). The second-order valence-electron chi connectivity index (χ2n) is 5.35. The molecule has 0 aromatic heterocycles. The summed E-state index contributed by atoms with van der Waals surface area (Å²) < 4.78 is 10.9. The molecule has 0 aliphatic carbocycles. The van der Waals surface area contributed by atoms with Gasteiger partial charge in [0.15, 0.2) is 0 Å². The van der Waals surface area contributed by atoms with Gasteiger partial charge < -0.3 is 19.5 Å². The van der Waals surface area contributed by atoms with Gasteiger partial charge in [0, 0.05) is 39.1 Å². The minimum atomic E-state index is -0.628. The molecule has 1 aliphatic heterocycles. The van der Waals surface area contributed by atoms with E-state index in [2.05, 4.69) is 4.90 Å². The molecule has 0 amide bonds. The molecule has 4 nitrogen and oxygen atoms in total. The fourth-order valence-electron chi connectivity index (χ4n) is 2.36. The molecule has 0 unspecified atom stereocenters. The minimum absolute atomic E-state index is 0.548. The molecule has 0 spiro atoms. The first-order valence-electron chi connectivity index (χ1n) is 6.95. The van der Waals surface area contributed by atoms with Gasteiger partial charge in [0.2, 0.25) is 0 Å². The Kier molecular flexibility index (Phi) is 5.66. The average molecular weight is 300 g/mol. The highest BCUT2D eigenvalue weighted by atomic mass is 35.5. The molecule has 1 aromatic carbocycles. The topological polar surface area (TPSA) is 41.9 Å². The normalized spacial score (nSPS) is 18.2. The number of hydrogen-bond donors (Lipinski definition) is 1. The van der Waals surface area contributed by atoms with Gasteiger partial charge in [-0.25, -0.2) is 0 Å². The Morgan fingerprint density at radius 3 is 2.75 bits per heavy atom. The predicted molar refractivity (Wildman–Crippen MR) is 79.4 cm³/mol. The Bertz CT molecular complexity index is 421. The first kappa shape index (κ1) is 15.6. The third kappa shape index (κ3) is 4.63. The first-order valence-corrected chi connectivity index (χ1v) is 7.33. The van der Waals surface area contributed by atoms with Crippen LogP contribution in [0.2, 0.25) is 5.02 Å². The zero-order valence-electron chi connectivity index (χ0n) is 11.8. The molecule has 1 saturated heterocycles. The lowest BCUT2D eigenvalue weighted by atomic mass is 9.94. The summed E-state index contributed by atoms with van der Waals surface area (Å²) in [6, 6.07) is 7.44. The van der Waals surface area contributed by atoms with Gasteiger partial charge in [-0.3, -0.25) is 0 Å². The maximum Gasteiger partial charge on any atom is 0.137 e. The van der Waals surface area contributed by atoms with E-state index >= 15 is 0 Å². The maximum atomic E-state index is 10.4. The van der Waals surface area contributed by atoms with Gasteiger partial charge in [-0.05, 0) is 19.2 Å². The van der Waals surface area contributed by atoms with Crippen molar-refractivity contribution in [1.82, 2.24) is 4.90 Å². The number of para-hydroxylation sites is 1. The van der Waals surface area contributed by atoms with Crippen molar-refractivity contribution >= 4 is 11.6 Å². The average Bonchev–Trinajstić information content (AvgIpc) is 2.41. The lowest BCUT2D eigenvalue weighted by Gasteiger charge is -2.35. The van der Waals surface area contributed by atoms with Gasteiger partial charge in [0.05, 0.1) is 10.6 Å². The largest absolute Gasteiger partial charge is 0.491 e. The molecule has 1 aliphatic rings. The van der Waals surface area contributed by atoms with Crippen LogP contribution in [0.1, 0.15) is 12.8 Å². The summed E-state index contributed by atoms with van der Waals surface area (Å²) in [7, 11) is 1.99. The minimum Gasteiger partial charge on any atom is -0.491 e. The number of rotatable bonds is 6. The number of aliphatic hydroxyl groups is 1. The SMILES string of the molecule is CN(CCOc1ccccc1Cl)CC1(O)CCOCC1. The third-order valence-electron chi connectivity index (χ3n) is 3.55. The van der Waals surface area contributed by atoms with E-state index in [1.165, 1.54) is 0 Å². The number of likely N-dealkylation sites (N-methyl/N-ethyl adjacent to an activating group) is 1. The van der Waals surface area contributed by atoms with Crippen LogP contribution in [0.25, 0.3) is 0 Å². The molecular weight excluding hydrogens is 278 g/mol. The first-order chi connectivity index (χ1) is 9.59. The van der Waals surface area contributed by atoms with Gasteiger partial charge in [0.25, 0.3) is 0 Å². The van der Waals surface area contributed by atoms with E-state index < -0.39 is 5.60 Å². The summed E-state index contributed by atoms with van der Waals surface area (Å²) in [5, 5.41) is 11.0. The van der Waals surface area contributed by atoms with Gasteiger partial charge in [0.1, 0.15) is 12.4 Å². The van der Waals surface area contributed by atoms with Crippen molar-refractivity contribution in [1.29, 1.82) is 0 Å². The van der Waals surface area contributed by atoms with Crippen molar-refractivity contribution in [3.05, 3.63) is 29.3 Å². The number of ether oxygens (including phenoxy) is 2. The monoisotopic (exact) mass is 299 g/mol. The summed E-state index contributed by atoms with van der Waals surface area (Å²) >= 11 is 6.02. The highest BCUT2D eigenvalue weighted by Crippen LogP contribution is 2.23. The smallest absolute Gasteiger partial charge is 0.137 e. The number of hydrogen-bond acceptors (Lipinski definition) is 4. The lowest BCUT2D eigenvalue weighted by molar-refractivity contribution is -0.0775. The predicted octanol–water partition coefficient (Wildman–Crippen LogP) is 2.19. The third-order valence-corrected chi connectivity index (χ3v) is 3.87. The van der Waals surface area contributed by atoms with Crippen LogP contribution in [0.5, 0.6) is 5.75 Å². The summed E-state index contributed by atoms with van der Waals surface area (Å²) in [5.41, 5.74) is -0.628. The summed E-state index contributed by atoms with van der Waals surface area (Å²) in [5.74, 6) is 0.701. The zero-order chi connectivity index (χ0) is 14.4. The van der Waals surface area contributed by atoms with Crippen molar-refractivity contribution in [3.8, 4) is 5.75 Å². The molecule has 1 N–H and O–H groups in total. The van der Waals surface area contributed by atoms with Gasteiger partial charge in [-0.15, -0.1) is 0 Å². The molecular formula is C15H22ClNO3. The van der Waals surface area contributed by atoms with Crippen molar-refractivity contribution in [3.63, 3.8) is 0 Å². The van der Waals surface area contributed by atoms with E-state index in [1.807, 2.05) is 31.3 Å². The van der Waals surface area contributed by atoms with Crippen molar-refractivity contribution in [2.45, 2.75) is 18.4 Å². The summed E-state index contributed by atoms with van der Waals surface area (Å²) in [4.78, 5) is 2.09. The Morgan fingerprint density at radius 2 is 2.05 bits per heavy atom. The van der Waals surface area contributed by atoms with E-state index in [0.717, 1.165) is 6.54 Å². The zero-order valence-corrected chi connectivity index (χ0v) is 12.6. The fourth-order valence-corrected chi connectivity index (χ4v) is 2.55. The van der Waals surface area contributed by atoms with E-state index in [4.69, 9.17) is 21.1 Å². The molecule has 0 saturated carbocycles. The van der Waals surface area contributed by atoms with Crippen molar-refractivity contribution < 1.29 is 14.6 Å². The van der Waals surface area contributed by atoms with E-state index in [-0.39, 0.29) is 0 Å². The van der Waals surface area contributed by atoms with E-state index in [1.54, 1.807) is 0 Å². The van der Waals surface area contributed by atoms with Crippen LogP contribution in [0.4, 0.5) is 0 Å². The molecule has 0 atom stereocenters. The van der Waals surface area contributed by atoms with Crippen LogP contribution in [0.15, 0.2) is 24.3 Å². The Hall–Kier alpha value is -0.810. The Balaban J connectivity index is 1.72. The van der Waals surface area contributed by atoms with Crippen LogP contribution in [-0.2, 0) is 4.74 Å². The highest BCUT2D eigenvalue weighted by Gasteiger charge is 2.30. The molecule has 0 radical (unpaired) electrons. The summed E-state index contributed by atoms with van der Waals surface area (Å²) in [6.07, 6.45) is 1.39. The number of benzene rings is 1. The van der Waals surface area contributed by atoms with Crippen LogP contribution in [-0.4, -0.2) is 55.6 Å². The quantitative estimate of drug-likeness (QED) is 0.874. The van der Waals surface area contributed by atoms with Gasteiger partial charge in [-0.2, -0.15) is 0 Å². The van der Waals surface area contributed by atoms with Crippen molar-refractivity contribution in [2.75, 3.05) is 40.0 Å². The van der Waals surface area contributed by atoms with Crippen LogP contribution < -0.4 is 4.74 Å². The standard InChI is InChI=1S/C15H22ClNO3/c1-17(12-15(18)6-9-19-10-7-15)8-11-20-14-5-3-2-4-13(14)16/h2-5,18H,6-12H2,1H3. The number of nitrogens with zero attached hydrogens (tertiary/aromatic N) is 1.